The molecular formula is C8H13N3S. The van der Waals surface area contributed by atoms with Crippen LogP contribution in [0.1, 0.15) is 6.92 Å². The molecule has 3 nitrogen and oxygen atoms in total. The number of nitrogens with zero attached hydrogens (tertiary/aromatic N) is 3. The molecule has 4 heteroatoms. The average Bonchev–Trinajstić information content (AvgIpc) is 2.17. The lowest BCUT2D eigenvalue weighted by Gasteiger charge is -2.22. The van der Waals surface area contributed by atoms with Crippen LogP contribution in [-0.4, -0.2) is 28.6 Å². The third-order valence-corrected chi connectivity index (χ3v) is 2.75. The smallest absolute Gasteiger partial charge is 0.225 e. The fraction of sp³-hybridized carbons (Fsp3) is 0.500. The van der Waals surface area contributed by atoms with Gasteiger partial charge in [0.15, 0.2) is 0 Å². The summed E-state index contributed by atoms with van der Waals surface area (Å²) in [5.41, 5.74) is 0. The van der Waals surface area contributed by atoms with Crippen molar-refractivity contribution in [2.75, 3.05) is 18.2 Å². The molecule has 0 saturated carbocycles. The van der Waals surface area contributed by atoms with Crippen LogP contribution in [0.3, 0.4) is 0 Å². The van der Waals surface area contributed by atoms with Gasteiger partial charge in [-0.1, -0.05) is 0 Å². The SMILES string of the molecule is CSC(C)N(C)c1ncccn1. The molecule has 0 amide bonds. The minimum Gasteiger partial charge on any atom is -0.332 e. The lowest BCUT2D eigenvalue weighted by atomic mass is 10.6. The van der Waals surface area contributed by atoms with Gasteiger partial charge < -0.3 is 4.90 Å². The largest absolute Gasteiger partial charge is 0.332 e. The summed E-state index contributed by atoms with van der Waals surface area (Å²) in [6.45, 7) is 2.13. The Morgan fingerprint density at radius 1 is 1.42 bits per heavy atom. The van der Waals surface area contributed by atoms with Crippen LogP contribution >= 0.6 is 11.8 Å². The quantitative estimate of drug-likeness (QED) is 0.666. The van der Waals surface area contributed by atoms with Crippen molar-refractivity contribution >= 4 is 17.7 Å². The molecule has 66 valence electrons. The van der Waals surface area contributed by atoms with Gasteiger partial charge in [0.25, 0.3) is 0 Å². The highest BCUT2D eigenvalue weighted by molar-refractivity contribution is 7.99. The van der Waals surface area contributed by atoms with Gasteiger partial charge in [0, 0.05) is 19.4 Å². The van der Waals surface area contributed by atoms with E-state index in [1.54, 1.807) is 24.2 Å². The van der Waals surface area contributed by atoms with E-state index >= 15 is 0 Å². The van der Waals surface area contributed by atoms with Crippen LogP contribution in [0, 0.1) is 0 Å². The Morgan fingerprint density at radius 3 is 2.50 bits per heavy atom. The summed E-state index contributed by atoms with van der Waals surface area (Å²) in [5, 5.41) is 0.410. The standard InChI is InChI=1S/C8H13N3S/c1-7(12-3)11(2)8-9-5-4-6-10-8/h4-7H,1-3H3. The molecule has 0 radical (unpaired) electrons. The van der Waals surface area contributed by atoms with Crippen LogP contribution in [0.5, 0.6) is 0 Å². The fourth-order valence-corrected chi connectivity index (χ4v) is 1.20. The summed E-state index contributed by atoms with van der Waals surface area (Å²) in [7, 11) is 2.00. The maximum atomic E-state index is 4.15. The molecule has 1 unspecified atom stereocenters. The second kappa shape index (κ2) is 4.30. The Hall–Kier alpha value is -0.770. The van der Waals surface area contributed by atoms with Crippen LogP contribution in [-0.2, 0) is 0 Å². The van der Waals surface area contributed by atoms with E-state index in [9.17, 15) is 0 Å². The summed E-state index contributed by atoms with van der Waals surface area (Å²) in [4.78, 5) is 10.3. The van der Waals surface area contributed by atoms with Crippen LogP contribution in [0.4, 0.5) is 5.95 Å². The number of thioether (sulfide) groups is 1. The van der Waals surface area contributed by atoms with Crippen molar-refractivity contribution in [2.24, 2.45) is 0 Å². The van der Waals surface area contributed by atoms with Gasteiger partial charge in [0.1, 0.15) is 0 Å². The van der Waals surface area contributed by atoms with Gasteiger partial charge in [0.2, 0.25) is 5.95 Å². The molecule has 1 aromatic heterocycles. The van der Waals surface area contributed by atoms with Crippen molar-refractivity contribution < 1.29 is 0 Å². The predicted molar refractivity (Wildman–Crippen MR) is 53.4 cm³/mol. The van der Waals surface area contributed by atoms with E-state index in [-0.39, 0.29) is 0 Å². The molecule has 0 bridgehead atoms. The van der Waals surface area contributed by atoms with Crippen molar-refractivity contribution in [1.82, 2.24) is 9.97 Å². The second-order valence-electron chi connectivity index (χ2n) is 2.49. The first kappa shape index (κ1) is 9.32. The molecule has 12 heavy (non-hydrogen) atoms. The Labute approximate surface area is 77.2 Å². The van der Waals surface area contributed by atoms with Crippen molar-refractivity contribution in [3.8, 4) is 0 Å². The molecule has 0 spiro atoms. The van der Waals surface area contributed by atoms with E-state index in [0.717, 1.165) is 5.95 Å². The number of hydrogen-bond donors (Lipinski definition) is 0. The summed E-state index contributed by atoms with van der Waals surface area (Å²) in [5.74, 6) is 0.777. The van der Waals surface area contributed by atoms with E-state index in [1.165, 1.54) is 0 Å². The molecule has 0 fully saturated rings. The van der Waals surface area contributed by atoms with E-state index in [2.05, 4.69) is 23.1 Å². The number of rotatable bonds is 3. The van der Waals surface area contributed by atoms with Crippen molar-refractivity contribution in [3.63, 3.8) is 0 Å². The molecule has 1 heterocycles. The van der Waals surface area contributed by atoms with Gasteiger partial charge >= 0.3 is 0 Å². The minimum atomic E-state index is 0.410. The molecular weight excluding hydrogens is 170 g/mol. The van der Waals surface area contributed by atoms with Crippen LogP contribution in [0.25, 0.3) is 0 Å². The van der Waals surface area contributed by atoms with E-state index in [1.807, 2.05) is 18.0 Å². The molecule has 0 aliphatic heterocycles. The van der Waals surface area contributed by atoms with Crippen molar-refractivity contribution in [3.05, 3.63) is 18.5 Å². The molecule has 0 aromatic carbocycles. The third-order valence-electron chi connectivity index (χ3n) is 1.75. The van der Waals surface area contributed by atoms with Gasteiger partial charge in [-0.15, -0.1) is 11.8 Å². The topological polar surface area (TPSA) is 29.0 Å². The monoisotopic (exact) mass is 183 g/mol. The minimum absolute atomic E-state index is 0.410. The van der Waals surface area contributed by atoms with Gasteiger partial charge in [-0.3, -0.25) is 0 Å². The average molecular weight is 183 g/mol. The van der Waals surface area contributed by atoms with Gasteiger partial charge in [0.05, 0.1) is 5.37 Å². The van der Waals surface area contributed by atoms with Gasteiger partial charge in [-0.2, -0.15) is 0 Å². The zero-order valence-corrected chi connectivity index (χ0v) is 8.38. The summed E-state index contributed by atoms with van der Waals surface area (Å²) in [6.07, 6.45) is 5.59. The molecule has 1 atom stereocenters. The Bertz CT molecular complexity index is 227. The van der Waals surface area contributed by atoms with Crippen molar-refractivity contribution in [1.29, 1.82) is 0 Å². The molecule has 0 aliphatic rings. The van der Waals surface area contributed by atoms with Crippen molar-refractivity contribution in [2.45, 2.75) is 12.3 Å². The molecule has 0 aliphatic carbocycles. The number of hydrogen-bond acceptors (Lipinski definition) is 4. The van der Waals surface area contributed by atoms with Crippen LogP contribution in [0.15, 0.2) is 18.5 Å². The second-order valence-corrected chi connectivity index (χ2v) is 3.65. The van der Waals surface area contributed by atoms with E-state index < -0.39 is 0 Å². The highest BCUT2D eigenvalue weighted by Crippen LogP contribution is 2.14. The van der Waals surface area contributed by atoms with Crippen LogP contribution in [0.2, 0.25) is 0 Å². The summed E-state index contributed by atoms with van der Waals surface area (Å²) < 4.78 is 0. The third kappa shape index (κ3) is 2.11. The summed E-state index contributed by atoms with van der Waals surface area (Å²) >= 11 is 1.77. The molecule has 1 rings (SSSR count). The normalized spacial score (nSPS) is 12.6. The zero-order chi connectivity index (χ0) is 8.97. The van der Waals surface area contributed by atoms with Crippen LogP contribution < -0.4 is 4.90 Å². The Morgan fingerprint density at radius 2 is 2.00 bits per heavy atom. The van der Waals surface area contributed by atoms with E-state index in [0.29, 0.717) is 5.37 Å². The maximum absolute atomic E-state index is 4.15. The lowest BCUT2D eigenvalue weighted by molar-refractivity contribution is 0.858. The highest BCUT2D eigenvalue weighted by Gasteiger charge is 2.09. The first-order chi connectivity index (χ1) is 5.75. The first-order valence-electron chi connectivity index (χ1n) is 3.78. The lowest BCUT2D eigenvalue weighted by Crippen LogP contribution is -2.27. The number of anilines is 1. The fourth-order valence-electron chi connectivity index (χ4n) is 0.794. The highest BCUT2D eigenvalue weighted by atomic mass is 32.2. The maximum Gasteiger partial charge on any atom is 0.225 e. The predicted octanol–water partition coefficient (Wildman–Crippen LogP) is 1.62. The molecule has 0 saturated heterocycles. The van der Waals surface area contributed by atoms with Gasteiger partial charge in [-0.25, -0.2) is 9.97 Å². The van der Waals surface area contributed by atoms with E-state index in [4.69, 9.17) is 0 Å². The van der Waals surface area contributed by atoms with Gasteiger partial charge in [-0.05, 0) is 19.2 Å². The molecule has 1 aromatic rings. The number of aromatic nitrogens is 2. The Kier molecular flexibility index (Phi) is 3.34. The Balaban J connectivity index is 2.71. The molecule has 0 N–H and O–H groups in total. The summed E-state index contributed by atoms with van der Waals surface area (Å²) in [6, 6.07) is 1.82. The zero-order valence-electron chi connectivity index (χ0n) is 7.56. The first-order valence-corrected chi connectivity index (χ1v) is 5.07.